The average molecular weight is 1270 g/mol. The predicted molar refractivity (Wildman–Crippen MR) is 409 cm³/mol. The van der Waals surface area contributed by atoms with Crippen molar-refractivity contribution in [2.24, 2.45) is 0 Å². The van der Waals surface area contributed by atoms with Crippen LogP contribution in [-0.4, -0.2) is 40.2 Å². The minimum Gasteiger partial charge on any atom is -0.278 e. The number of hydrogen-bond donors (Lipinski definition) is 0. The van der Waals surface area contributed by atoms with Crippen molar-refractivity contribution in [1.29, 1.82) is 0 Å². The molecule has 5 nitrogen and oxygen atoms in total. The molecular formula is C89H73N5Si2. The van der Waals surface area contributed by atoms with Crippen LogP contribution in [0.15, 0.2) is 334 Å². The van der Waals surface area contributed by atoms with Gasteiger partial charge in [0.25, 0.3) is 0 Å². The van der Waals surface area contributed by atoms with E-state index < -0.39 is 16.1 Å². The molecule has 0 spiro atoms. The maximum Gasteiger partial charge on any atom is 0.240 e. The fourth-order valence-corrected chi connectivity index (χ4v) is 24.9. The highest BCUT2D eigenvalue weighted by Gasteiger charge is 2.47. The summed E-state index contributed by atoms with van der Waals surface area (Å²) in [4.78, 5) is 17.8. The normalized spacial score (nSPS) is 12.3. The molecule has 0 radical (unpaired) electrons. The molecule has 13 aromatic carbocycles. The summed E-state index contributed by atoms with van der Waals surface area (Å²) in [6.45, 7) is 13.8. The number of para-hydroxylation sites is 2. The minimum atomic E-state index is -3.48. The van der Waals surface area contributed by atoms with Crippen molar-refractivity contribution >= 4 is 101 Å². The largest absolute Gasteiger partial charge is 0.278 e. The molecule has 0 fully saturated rings. The van der Waals surface area contributed by atoms with E-state index in [4.69, 9.17) is 15.0 Å². The van der Waals surface area contributed by atoms with Crippen LogP contribution in [0, 0.1) is 0 Å². The molecule has 16 aromatic rings. The summed E-state index contributed by atoms with van der Waals surface area (Å²) >= 11 is 0. The highest BCUT2D eigenvalue weighted by molar-refractivity contribution is 7.22. The Hall–Kier alpha value is -11.1. The van der Waals surface area contributed by atoms with Gasteiger partial charge in [0.05, 0.1) is 22.1 Å². The van der Waals surface area contributed by atoms with Crippen molar-refractivity contribution < 1.29 is 0 Å². The quantitative estimate of drug-likeness (QED) is 0.0854. The number of rotatable bonds is 13. The molecule has 7 heteroatoms. The molecule has 16 rings (SSSR count). The Morgan fingerprint density at radius 3 is 0.896 bits per heavy atom. The van der Waals surface area contributed by atoms with Gasteiger partial charge >= 0.3 is 0 Å². The van der Waals surface area contributed by atoms with Crippen LogP contribution in [0.1, 0.15) is 52.7 Å². The van der Waals surface area contributed by atoms with Crippen molar-refractivity contribution in [3.8, 4) is 45.5 Å². The maximum atomic E-state index is 6.01. The smallest absolute Gasteiger partial charge is 0.240 e. The predicted octanol–water partition coefficient (Wildman–Crippen LogP) is 16.4. The Kier molecular flexibility index (Phi) is 15.0. The fraction of sp³-hybridized carbons (Fsp3) is 0.0899. The van der Waals surface area contributed by atoms with Gasteiger partial charge in [-0.2, -0.15) is 15.0 Å². The lowest BCUT2D eigenvalue weighted by Crippen LogP contribution is -2.78. The van der Waals surface area contributed by atoms with Crippen molar-refractivity contribution in [3.05, 3.63) is 345 Å². The second kappa shape index (κ2) is 24.0. The number of hydrogen-bond acceptors (Lipinski definition) is 3. The summed E-state index contributed by atoms with van der Waals surface area (Å²) in [6, 6.07) is 125. The third-order valence-electron chi connectivity index (χ3n) is 19.8. The van der Waals surface area contributed by atoms with Gasteiger partial charge in [-0.3, -0.25) is 9.13 Å². The van der Waals surface area contributed by atoms with Crippen LogP contribution in [-0.2, 0) is 10.8 Å². The van der Waals surface area contributed by atoms with E-state index in [1.807, 2.05) is 0 Å². The molecule has 0 unspecified atom stereocenters. The number of fused-ring (bicyclic) bond motifs is 6. The average Bonchev–Trinajstić information content (AvgIpc) is 1.47. The van der Waals surface area contributed by atoms with Gasteiger partial charge in [-0.15, -0.1) is 0 Å². The Morgan fingerprint density at radius 2 is 0.531 bits per heavy atom. The van der Waals surface area contributed by atoms with Crippen molar-refractivity contribution in [3.63, 3.8) is 0 Å². The molecule has 0 aliphatic heterocycles. The van der Waals surface area contributed by atoms with E-state index in [1.165, 1.54) is 63.7 Å². The second-order valence-corrected chi connectivity index (χ2v) is 35.2. The first-order chi connectivity index (χ1) is 46.8. The molecule has 0 saturated heterocycles. The first-order valence-electron chi connectivity index (χ1n) is 33.4. The topological polar surface area (TPSA) is 48.5 Å². The van der Waals surface area contributed by atoms with Gasteiger partial charge in [0.2, 0.25) is 11.9 Å². The summed E-state index contributed by atoms with van der Waals surface area (Å²) in [5.41, 5.74) is 12.0. The second-order valence-electron chi connectivity index (χ2n) is 27.6. The molecule has 0 aliphatic carbocycles. The first kappa shape index (κ1) is 59.9. The number of nitrogens with zero attached hydrogens (tertiary/aromatic N) is 5. The van der Waals surface area contributed by atoms with Crippen LogP contribution in [0.2, 0.25) is 0 Å². The maximum absolute atomic E-state index is 6.01. The van der Waals surface area contributed by atoms with E-state index in [2.05, 4.69) is 384 Å². The van der Waals surface area contributed by atoms with Crippen LogP contribution in [0.25, 0.3) is 89.2 Å². The highest BCUT2D eigenvalue weighted by Crippen LogP contribution is 2.39. The Bertz CT molecular complexity index is 5150. The number of aromatic nitrogens is 5. The van der Waals surface area contributed by atoms with Gasteiger partial charge in [0.15, 0.2) is 22.0 Å². The summed E-state index contributed by atoms with van der Waals surface area (Å²) in [5.74, 6) is 1.63. The van der Waals surface area contributed by atoms with Crippen LogP contribution in [0.4, 0.5) is 0 Å². The monoisotopic (exact) mass is 1270 g/mol. The number of benzene rings is 13. The van der Waals surface area contributed by atoms with Gasteiger partial charge in [-0.05, 0) is 122 Å². The molecule has 0 amide bonds. The Labute approximate surface area is 564 Å². The van der Waals surface area contributed by atoms with Gasteiger partial charge in [0.1, 0.15) is 0 Å². The molecule has 3 aromatic heterocycles. The van der Waals surface area contributed by atoms with E-state index in [1.54, 1.807) is 0 Å². The van der Waals surface area contributed by atoms with Crippen LogP contribution in [0.3, 0.4) is 0 Å². The molecule has 0 aliphatic rings. The zero-order chi connectivity index (χ0) is 65.2. The Morgan fingerprint density at radius 1 is 0.229 bits per heavy atom. The van der Waals surface area contributed by atoms with E-state index in [-0.39, 0.29) is 10.8 Å². The third kappa shape index (κ3) is 10.3. The molecule has 462 valence electrons. The van der Waals surface area contributed by atoms with Crippen LogP contribution < -0.4 is 41.5 Å². The van der Waals surface area contributed by atoms with Crippen LogP contribution in [0.5, 0.6) is 0 Å². The van der Waals surface area contributed by atoms with Crippen molar-refractivity contribution in [2.45, 2.75) is 52.4 Å². The van der Waals surface area contributed by atoms with Crippen LogP contribution >= 0.6 is 0 Å². The van der Waals surface area contributed by atoms with Gasteiger partial charge < -0.3 is 0 Å². The third-order valence-corrected chi connectivity index (χ3v) is 29.2. The Balaban J connectivity index is 1.10. The van der Waals surface area contributed by atoms with Gasteiger partial charge in [0, 0.05) is 27.1 Å². The van der Waals surface area contributed by atoms with Gasteiger partial charge in [-0.25, -0.2) is 0 Å². The van der Waals surface area contributed by atoms with Crippen molar-refractivity contribution in [2.75, 3.05) is 0 Å². The summed E-state index contributed by atoms with van der Waals surface area (Å²) in [7, 11) is -6.97. The van der Waals surface area contributed by atoms with E-state index in [9.17, 15) is 0 Å². The lowest BCUT2D eigenvalue weighted by atomic mass is 9.85. The molecule has 3 heterocycles. The SMILES string of the molecule is CC(C)(C)c1ccc2c(c1)c1cc(C(C)(C)C)ccc1n2-c1nc(-c2cc([Si](c3ccccc3)(c3ccccc3)c3cccc(-c4ccccc4)c3)cc([Si](c3ccccc3)(c3ccccc3)c3cccc(-c4ccccc4)c3)c2)nc(-n2c3ccccc3c3ccccc32)n1. The first-order valence-corrected chi connectivity index (χ1v) is 37.4. The summed E-state index contributed by atoms with van der Waals surface area (Å²) in [6.07, 6.45) is 0. The minimum absolute atomic E-state index is 0.0984. The van der Waals surface area contributed by atoms with E-state index >= 15 is 0 Å². The lowest BCUT2D eigenvalue weighted by molar-refractivity contribution is 0.590. The van der Waals surface area contributed by atoms with Crippen molar-refractivity contribution in [1.82, 2.24) is 24.1 Å². The van der Waals surface area contributed by atoms with Gasteiger partial charge in [-0.1, -0.05) is 339 Å². The lowest BCUT2D eigenvalue weighted by Gasteiger charge is -2.38. The molecule has 0 N–H and O–H groups in total. The summed E-state index contributed by atoms with van der Waals surface area (Å²) < 4.78 is 4.57. The summed E-state index contributed by atoms with van der Waals surface area (Å²) in [5, 5.41) is 14.6. The van der Waals surface area contributed by atoms with E-state index in [0.717, 1.165) is 60.3 Å². The molecule has 96 heavy (non-hydrogen) atoms. The highest BCUT2D eigenvalue weighted by atomic mass is 28.3. The zero-order valence-corrected chi connectivity index (χ0v) is 57.0. The zero-order valence-electron chi connectivity index (χ0n) is 55.0. The molecule has 0 atom stereocenters. The molecule has 0 saturated carbocycles. The fourth-order valence-electron chi connectivity index (χ4n) is 15.1. The molecular weight excluding hydrogens is 1200 g/mol. The van der Waals surface area contributed by atoms with E-state index in [0.29, 0.717) is 17.7 Å². The molecule has 0 bridgehead atoms. The standard InChI is InChI=1S/C89H73N5Si2/c1-88(2,3)67-51-53-83-79(59-67)80-60-68(89(4,5)6)52-54-84(80)94(83)87-91-85(90-86(92-87)93-81-49-27-25-47-77(81)78-48-26-28-50-82(78)93)66-57-75(95(69-37-17-9-18-38-69,70-39-19-10-20-40-70)73-45-29-35-64(55-73)62-31-13-7-14-32-62)61-76(58-66)96(71-41-21-11-22-42-71,72-43-23-12-24-44-72)74-46-30-36-65(56-74)63-33-15-8-16-34-63/h7-61H,1-6H3.